The van der Waals surface area contributed by atoms with Crippen molar-refractivity contribution >= 4 is 50.1 Å². The van der Waals surface area contributed by atoms with Crippen LogP contribution in [-0.2, 0) is 27.9 Å². The Bertz CT molecular complexity index is 1140. The average Bonchev–Trinajstić information content (AvgIpc) is 3.42. The van der Waals surface area contributed by atoms with Crippen molar-refractivity contribution in [1.29, 1.82) is 0 Å². The number of benzene rings is 1. The molecule has 0 saturated carbocycles. The molecule has 0 bridgehead atoms. The van der Waals surface area contributed by atoms with E-state index in [2.05, 4.69) is 16.8 Å². The van der Waals surface area contributed by atoms with Crippen molar-refractivity contribution in [3.8, 4) is 0 Å². The van der Waals surface area contributed by atoms with Gasteiger partial charge in [0, 0.05) is 24.5 Å². The number of thiophene rings is 1. The number of imidazole rings is 1. The summed E-state index contributed by atoms with van der Waals surface area (Å²) in [6.07, 6.45) is 2.00. The molecule has 174 valence electrons. The van der Waals surface area contributed by atoms with Gasteiger partial charge in [0.15, 0.2) is 5.16 Å². The highest BCUT2D eigenvalue weighted by molar-refractivity contribution is 7.99. The van der Waals surface area contributed by atoms with Gasteiger partial charge in [-0.15, -0.1) is 11.3 Å². The molecule has 32 heavy (non-hydrogen) atoms. The van der Waals surface area contributed by atoms with E-state index in [1.807, 2.05) is 37.4 Å². The monoisotopic (exact) mass is 494 g/mol. The number of hydrogen-bond acceptors (Lipinski definition) is 6. The Balaban J connectivity index is 1.82. The maximum atomic E-state index is 12.9. The fraction of sp³-hybridized carbons (Fsp3) is 0.455. The first-order valence-electron chi connectivity index (χ1n) is 10.8. The molecule has 2 aromatic heterocycles. The van der Waals surface area contributed by atoms with E-state index in [1.54, 1.807) is 23.5 Å². The minimum atomic E-state index is -3.55. The first kappa shape index (κ1) is 24.8. The first-order chi connectivity index (χ1) is 15.4. The van der Waals surface area contributed by atoms with Crippen LogP contribution in [0.25, 0.3) is 11.0 Å². The van der Waals surface area contributed by atoms with E-state index in [4.69, 9.17) is 4.98 Å². The number of hydrogen-bond donors (Lipinski definition) is 1. The molecule has 2 heterocycles. The second-order valence-electron chi connectivity index (χ2n) is 7.28. The number of rotatable bonds is 12. The van der Waals surface area contributed by atoms with Crippen LogP contribution >= 0.6 is 23.1 Å². The number of carbonyl (C=O) groups excluding carboxylic acids is 1. The minimum Gasteiger partial charge on any atom is -0.350 e. The summed E-state index contributed by atoms with van der Waals surface area (Å²) in [5.74, 6) is 0.202. The molecule has 0 saturated heterocycles. The van der Waals surface area contributed by atoms with Crippen molar-refractivity contribution in [2.45, 2.75) is 56.8 Å². The summed E-state index contributed by atoms with van der Waals surface area (Å²) in [5.41, 5.74) is 1.52. The molecule has 0 atom stereocenters. The number of carbonyl (C=O) groups is 1. The van der Waals surface area contributed by atoms with E-state index in [1.165, 1.54) is 16.1 Å². The summed E-state index contributed by atoms with van der Waals surface area (Å²) in [5, 5.41) is 5.66. The Morgan fingerprint density at radius 3 is 2.66 bits per heavy atom. The number of aryl methyl sites for hydroxylation is 1. The lowest BCUT2D eigenvalue weighted by Gasteiger charge is -2.18. The van der Waals surface area contributed by atoms with Gasteiger partial charge in [0.25, 0.3) is 0 Å². The van der Waals surface area contributed by atoms with Gasteiger partial charge >= 0.3 is 0 Å². The fourth-order valence-corrected chi connectivity index (χ4v) is 6.38. The standard InChI is InChI=1S/C22H30N4O3S3/c1-4-7-12-26-20-11-10-18(32(28,29)25(5-2)6-3)14-19(20)24-22(26)31-16-21(27)23-15-17-9-8-13-30-17/h8-11,13-14H,4-7,12,15-16H2,1-3H3,(H,23,27). The first-order valence-corrected chi connectivity index (χ1v) is 14.1. The largest absolute Gasteiger partial charge is 0.350 e. The third-order valence-corrected chi connectivity index (χ3v) is 9.03. The van der Waals surface area contributed by atoms with E-state index in [-0.39, 0.29) is 16.6 Å². The average molecular weight is 495 g/mol. The lowest BCUT2D eigenvalue weighted by Crippen LogP contribution is -2.30. The van der Waals surface area contributed by atoms with E-state index < -0.39 is 10.0 Å². The highest BCUT2D eigenvalue weighted by atomic mass is 32.2. The van der Waals surface area contributed by atoms with Gasteiger partial charge in [0.05, 0.1) is 28.2 Å². The number of aromatic nitrogens is 2. The van der Waals surface area contributed by atoms with Crippen molar-refractivity contribution in [1.82, 2.24) is 19.2 Å². The van der Waals surface area contributed by atoms with Gasteiger partial charge in [-0.3, -0.25) is 4.79 Å². The van der Waals surface area contributed by atoms with Crippen LogP contribution in [0.2, 0.25) is 0 Å². The maximum Gasteiger partial charge on any atom is 0.243 e. The topological polar surface area (TPSA) is 84.3 Å². The van der Waals surface area contributed by atoms with Crippen LogP contribution in [0.4, 0.5) is 0 Å². The van der Waals surface area contributed by atoms with Gasteiger partial charge in [0.1, 0.15) is 0 Å². The smallest absolute Gasteiger partial charge is 0.243 e. The van der Waals surface area contributed by atoms with Gasteiger partial charge in [-0.05, 0) is 36.1 Å². The number of thioether (sulfide) groups is 1. The van der Waals surface area contributed by atoms with E-state index >= 15 is 0 Å². The molecule has 3 rings (SSSR count). The molecule has 1 amide bonds. The molecule has 0 radical (unpaired) electrons. The zero-order valence-corrected chi connectivity index (χ0v) is 21.2. The van der Waals surface area contributed by atoms with Gasteiger partial charge < -0.3 is 9.88 Å². The number of fused-ring (bicyclic) bond motifs is 1. The van der Waals surface area contributed by atoms with Crippen LogP contribution in [0.5, 0.6) is 0 Å². The maximum absolute atomic E-state index is 12.9. The molecule has 0 unspecified atom stereocenters. The van der Waals surface area contributed by atoms with Crippen molar-refractivity contribution in [2.24, 2.45) is 0 Å². The van der Waals surface area contributed by atoms with Crippen molar-refractivity contribution in [3.63, 3.8) is 0 Å². The number of nitrogens with zero attached hydrogens (tertiary/aromatic N) is 3. The summed E-state index contributed by atoms with van der Waals surface area (Å²) in [4.78, 5) is 18.4. The quantitative estimate of drug-likeness (QED) is 0.379. The minimum absolute atomic E-state index is 0.0534. The van der Waals surface area contributed by atoms with Gasteiger partial charge in [-0.2, -0.15) is 4.31 Å². The van der Waals surface area contributed by atoms with E-state index in [0.717, 1.165) is 34.9 Å². The molecule has 0 aliphatic carbocycles. The predicted molar refractivity (Wildman–Crippen MR) is 132 cm³/mol. The van der Waals surface area contributed by atoms with E-state index in [0.29, 0.717) is 25.2 Å². The van der Waals surface area contributed by atoms with Crippen LogP contribution in [0.15, 0.2) is 45.8 Å². The predicted octanol–water partition coefficient (Wildman–Crippen LogP) is 4.34. The van der Waals surface area contributed by atoms with Crippen LogP contribution in [-0.4, -0.2) is 47.0 Å². The van der Waals surface area contributed by atoms with Crippen molar-refractivity contribution in [3.05, 3.63) is 40.6 Å². The summed E-state index contributed by atoms with van der Waals surface area (Å²) in [6, 6.07) is 9.09. The van der Waals surface area contributed by atoms with Crippen LogP contribution < -0.4 is 5.32 Å². The second kappa shape index (κ2) is 11.3. The molecular weight excluding hydrogens is 464 g/mol. The molecule has 1 aromatic carbocycles. The fourth-order valence-electron chi connectivity index (χ4n) is 3.38. The third kappa shape index (κ3) is 5.72. The Kier molecular flexibility index (Phi) is 8.75. The summed E-state index contributed by atoms with van der Waals surface area (Å²) in [6.45, 7) is 7.92. The van der Waals surface area contributed by atoms with Crippen LogP contribution in [0.3, 0.4) is 0 Å². The molecule has 0 spiro atoms. The highest BCUT2D eigenvalue weighted by Crippen LogP contribution is 2.28. The number of nitrogens with one attached hydrogen (secondary N) is 1. The summed E-state index contributed by atoms with van der Waals surface area (Å²) < 4.78 is 29.4. The summed E-state index contributed by atoms with van der Waals surface area (Å²) >= 11 is 2.99. The Labute approximate surface area is 198 Å². The second-order valence-corrected chi connectivity index (χ2v) is 11.2. The summed E-state index contributed by atoms with van der Waals surface area (Å²) in [7, 11) is -3.55. The number of sulfonamides is 1. The van der Waals surface area contributed by atoms with Gasteiger partial charge in [0.2, 0.25) is 15.9 Å². The van der Waals surface area contributed by atoms with Crippen molar-refractivity contribution in [2.75, 3.05) is 18.8 Å². The number of amides is 1. The molecule has 3 aromatic rings. The third-order valence-electron chi connectivity index (χ3n) is 5.14. The van der Waals surface area contributed by atoms with Crippen LogP contribution in [0, 0.1) is 0 Å². The van der Waals surface area contributed by atoms with Crippen LogP contribution in [0.1, 0.15) is 38.5 Å². The molecule has 0 fully saturated rings. The zero-order valence-electron chi connectivity index (χ0n) is 18.7. The molecule has 1 N–H and O–H groups in total. The molecule has 7 nitrogen and oxygen atoms in total. The Hall–Kier alpha value is -1.88. The molecular formula is C22H30N4O3S3. The number of unbranched alkanes of at least 4 members (excludes halogenated alkanes) is 1. The molecule has 10 heteroatoms. The van der Waals surface area contributed by atoms with E-state index in [9.17, 15) is 13.2 Å². The molecule has 0 aliphatic rings. The Morgan fingerprint density at radius 2 is 2.00 bits per heavy atom. The lowest BCUT2D eigenvalue weighted by molar-refractivity contribution is -0.118. The molecule has 0 aliphatic heterocycles. The van der Waals surface area contributed by atoms with Gasteiger partial charge in [-0.1, -0.05) is 45.0 Å². The normalized spacial score (nSPS) is 12.0. The van der Waals surface area contributed by atoms with Gasteiger partial charge in [-0.25, -0.2) is 13.4 Å². The Morgan fingerprint density at radius 1 is 1.22 bits per heavy atom. The highest BCUT2D eigenvalue weighted by Gasteiger charge is 2.23. The van der Waals surface area contributed by atoms with Crippen molar-refractivity contribution < 1.29 is 13.2 Å². The SMILES string of the molecule is CCCCn1c(SCC(=O)NCc2cccs2)nc2cc(S(=O)(=O)N(CC)CC)ccc21. The lowest BCUT2D eigenvalue weighted by atomic mass is 10.3. The zero-order chi connectivity index (χ0) is 23.1.